The van der Waals surface area contributed by atoms with E-state index < -0.39 is 5.91 Å². The highest BCUT2D eigenvalue weighted by molar-refractivity contribution is 6.04. The fourth-order valence-corrected chi connectivity index (χ4v) is 2.17. The minimum Gasteiger partial charge on any atom is -0.351 e. The Balaban J connectivity index is 2.09. The first-order valence-corrected chi connectivity index (χ1v) is 8.19. The summed E-state index contributed by atoms with van der Waals surface area (Å²) in [5, 5.41) is 5.45. The number of nitrogens with zero attached hydrogens (tertiary/aromatic N) is 1. The molecule has 0 radical (unpaired) electrons. The summed E-state index contributed by atoms with van der Waals surface area (Å²) >= 11 is 0. The Labute approximate surface area is 146 Å². The highest BCUT2D eigenvalue weighted by atomic mass is 16.2. The fourth-order valence-electron chi connectivity index (χ4n) is 2.17. The fraction of sp³-hybridized carbons (Fsp3) is 0.263. The Morgan fingerprint density at radius 2 is 1.68 bits per heavy atom. The van der Waals surface area contributed by atoms with Crippen LogP contribution < -0.4 is 10.6 Å². The van der Waals surface area contributed by atoms with Gasteiger partial charge in [-0.2, -0.15) is 0 Å². The van der Waals surface area contributed by atoms with Crippen molar-refractivity contribution in [3.63, 3.8) is 0 Å². The Bertz CT molecular complexity index is 787. The number of benzene rings is 1. The summed E-state index contributed by atoms with van der Waals surface area (Å²) in [4.78, 5) is 39.9. The van der Waals surface area contributed by atoms with E-state index in [1.807, 2.05) is 6.92 Å². The third-order valence-corrected chi connectivity index (χ3v) is 3.56. The lowest BCUT2D eigenvalue weighted by molar-refractivity contribution is 0.0947. The maximum Gasteiger partial charge on any atom is 0.274 e. The van der Waals surface area contributed by atoms with E-state index in [4.69, 9.17) is 0 Å². The molecule has 0 spiro atoms. The highest BCUT2D eigenvalue weighted by Gasteiger charge is 2.12. The van der Waals surface area contributed by atoms with Gasteiger partial charge in [-0.25, -0.2) is 4.98 Å². The van der Waals surface area contributed by atoms with Gasteiger partial charge in [0.05, 0.1) is 0 Å². The molecule has 2 amide bonds. The molecule has 0 saturated heterocycles. The molecule has 6 nitrogen and oxygen atoms in total. The average Bonchev–Trinajstić information content (AvgIpc) is 2.62. The summed E-state index contributed by atoms with van der Waals surface area (Å²) in [6, 6.07) is 11.4. The van der Waals surface area contributed by atoms with Crippen molar-refractivity contribution < 1.29 is 14.4 Å². The van der Waals surface area contributed by atoms with Crippen LogP contribution in [0.15, 0.2) is 42.5 Å². The largest absolute Gasteiger partial charge is 0.351 e. The molecule has 2 N–H and O–H groups in total. The van der Waals surface area contributed by atoms with Crippen molar-refractivity contribution >= 4 is 23.3 Å². The van der Waals surface area contributed by atoms with Crippen LogP contribution in [0.25, 0.3) is 0 Å². The Kier molecular flexibility index (Phi) is 6.39. The molecule has 6 heteroatoms. The number of hydrogen-bond acceptors (Lipinski definition) is 4. The quantitative estimate of drug-likeness (QED) is 0.599. The van der Waals surface area contributed by atoms with Gasteiger partial charge in [0.15, 0.2) is 5.78 Å². The summed E-state index contributed by atoms with van der Waals surface area (Å²) in [6.45, 7) is 4.07. The molecule has 1 heterocycles. The van der Waals surface area contributed by atoms with Crippen LogP contribution in [0.3, 0.4) is 0 Å². The molecule has 0 saturated carbocycles. The molecule has 2 aromatic rings. The number of Topliss-reactive ketones (excluding diaryl/α,β-unsaturated/α-hetero) is 1. The second-order valence-corrected chi connectivity index (χ2v) is 5.61. The summed E-state index contributed by atoms with van der Waals surface area (Å²) in [7, 11) is 0. The second-order valence-electron chi connectivity index (χ2n) is 5.61. The molecule has 0 fully saturated rings. The summed E-state index contributed by atoms with van der Waals surface area (Å²) < 4.78 is 0. The van der Waals surface area contributed by atoms with Crippen LogP contribution in [0.5, 0.6) is 0 Å². The number of nitrogens with one attached hydrogen (secondary N) is 2. The van der Waals surface area contributed by atoms with Gasteiger partial charge in [-0.1, -0.05) is 31.5 Å². The predicted molar refractivity (Wildman–Crippen MR) is 95.9 cm³/mol. The van der Waals surface area contributed by atoms with Crippen LogP contribution in [-0.4, -0.2) is 29.1 Å². The summed E-state index contributed by atoms with van der Waals surface area (Å²) in [5.41, 5.74) is 1.34. The number of hydrogen-bond donors (Lipinski definition) is 2. The number of unbranched alkanes of at least 4 members (excludes halogenated alkanes) is 1. The number of ketones is 1. The first-order chi connectivity index (χ1) is 12.0. The maximum atomic E-state index is 12.3. The van der Waals surface area contributed by atoms with E-state index in [-0.39, 0.29) is 23.1 Å². The Morgan fingerprint density at radius 1 is 1.00 bits per heavy atom. The van der Waals surface area contributed by atoms with Crippen LogP contribution in [-0.2, 0) is 0 Å². The van der Waals surface area contributed by atoms with Crippen molar-refractivity contribution in [2.45, 2.75) is 26.7 Å². The smallest absolute Gasteiger partial charge is 0.274 e. The number of rotatable bonds is 7. The number of carbonyl (C=O) groups is 3. The Morgan fingerprint density at radius 3 is 2.36 bits per heavy atom. The molecule has 0 aliphatic carbocycles. The standard InChI is InChI=1S/C19H21N3O3/c1-3-4-11-20-18(24)16-9-6-10-17(22-16)19(25)21-15-8-5-7-14(12-15)13(2)23/h5-10,12H,3-4,11H2,1-2H3,(H,20,24)(H,21,25). The lowest BCUT2D eigenvalue weighted by Gasteiger charge is -2.08. The van der Waals surface area contributed by atoms with E-state index in [9.17, 15) is 14.4 Å². The van der Waals surface area contributed by atoms with Crippen LogP contribution in [0.4, 0.5) is 5.69 Å². The van der Waals surface area contributed by atoms with E-state index in [0.717, 1.165) is 12.8 Å². The molecule has 0 bridgehead atoms. The van der Waals surface area contributed by atoms with Crippen molar-refractivity contribution in [2.75, 3.05) is 11.9 Å². The zero-order chi connectivity index (χ0) is 18.2. The monoisotopic (exact) mass is 339 g/mol. The molecule has 1 aromatic heterocycles. The molecular formula is C19H21N3O3. The maximum absolute atomic E-state index is 12.3. The Hall–Kier alpha value is -3.02. The van der Waals surface area contributed by atoms with Crippen LogP contribution >= 0.6 is 0 Å². The van der Waals surface area contributed by atoms with Crippen LogP contribution in [0.2, 0.25) is 0 Å². The summed E-state index contributed by atoms with van der Waals surface area (Å²) in [5.74, 6) is -0.828. The minimum atomic E-state index is -0.441. The third-order valence-electron chi connectivity index (χ3n) is 3.56. The molecular weight excluding hydrogens is 318 g/mol. The second kappa shape index (κ2) is 8.73. The molecule has 0 atom stereocenters. The number of aromatic nitrogens is 1. The lowest BCUT2D eigenvalue weighted by Crippen LogP contribution is -2.26. The lowest BCUT2D eigenvalue weighted by atomic mass is 10.1. The van der Waals surface area contributed by atoms with E-state index in [2.05, 4.69) is 15.6 Å². The van der Waals surface area contributed by atoms with Gasteiger partial charge in [-0.3, -0.25) is 14.4 Å². The van der Waals surface area contributed by atoms with Crippen LogP contribution in [0, 0.1) is 0 Å². The van der Waals surface area contributed by atoms with Gasteiger partial charge in [0, 0.05) is 17.8 Å². The number of anilines is 1. The first kappa shape index (κ1) is 18.3. The van der Waals surface area contributed by atoms with Crippen molar-refractivity contribution in [3.05, 3.63) is 59.4 Å². The molecule has 130 valence electrons. The zero-order valence-electron chi connectivity index (χ0n) is 14.3. The van der Waals surface area contributed by atoms with Crippen molar-refractivity contribution in [3.8, 4) is 0 Å². The van der Waals surface area contributed by atoms with Gasteiger partial charge in [0.2, 0.25) is 0 Å². The van der Waals surface area contributed by atoms with Gasteiger partial charge in [0.25, 0.3) is 11.8 Å². The van der Waals surface area contributed by atoms with E-state index in [0.29, 0.717) is 17.8 Å². The third kappa shape index (κ3) is 5.24. The average molecular weight is 339 g/mol. The molecule has 1 aromatic carbocycles. The van der Waals surface area contributed by atoms with Crippen LogP contribution in [0.1, 0.15) is 58.0 Å². The van der Waals surface area contributed by atoms with E-state index >= 15 is 0 Å². The first-order valence-electron chi connectivity index (χ1n) is 8.19. The highest BCUT2D eigenvalue weighted by Crippen LogP contribution is 2.12. The van der Waals surface area contributed by atoms with Gasteiger partial charge < -0.3 is 10.6 Å². The molecule has 0 unspecified atom stereocenters. The topological polar surface area (TPSA) is 88.2 Å². The summed E-state index contributed by atoms with van der Waals surface area (Å²) in [6.07, 6.45) is 1.87. The number of carbonyl (C=O) groups excluding carboxylic acids is 3. The van der Waals surface area contributed by atoms with Gasteiger partial charge in [-0.05, 0) is 37.6 Å². The molecule has 25 heavy (non-hydrogen) atoms. The van der Waals surface area contributed by atoms with Crippen molar-refractivity contribution in [2.24, 2.45) is 0 Å². The van der Waals surface area contributed by atoms with Crippen molar-refractivity contribution in [1.82, 2.24) is 10.3 Å². The molecule has 0 aliphatic heterocycles. The van der Waals surface area contributed by atoms with E-state index in [1.54, 1.807) is 36.4 Å². The number of amides is 2. The van der Waals surface area contributed by atoms with Gasteiger partial charge >= 0.3 is 0 Å². The molecule has 0 aliphatic rings. The SMILES string of the molecule is CCCCNC(=O)c1cccc(C(=O)Nc2cccc(C(C)=O)c2)n1. The van der Waals surface area contributed by atoms with E-state index in [1.165, 1.54) is 13.0 Å². The normalized spacial score (nSPS) is 10.2. The molecule has 2 rings (SSSR count). The zero-order valence-corrected chi connectivity index (χ0v) is 14.3. The van der Waals surface area contributed by atoms with Gasteiger partial charge in [-0.15, -0.1) is 0 Å². The van der Waals surface area contributed by atoms with Crippen molar-refractivity contribution in [1.29, 1.82) is 0 Å². The minimum absolute atomic E-state index is 0.0834. The number of pyridine rings is 1. The van der Waals surface area contributed by atoms with Gasteiger partial charge in [0.1, 0.15) is 11.4 Å². The predicted octanol–water partition coefficient (Wildman–Crippen LogP) is 3.07.